The summed E-state index contributed by atoms with van der Waals surface area (Å²) in [4.78, 5) is 41.3. The standard InChI is InChI=1S/C24H25Cl2FN4O4S/c1-14(2)29-12-22-30(36(35)21-8-7-17(26)10-18(21)27)11-19(28-13-32)23(33)31(22)20(24(29)34)9-15-3-5-16(25)6-4-15/h3-8,10,13-14,19-20,22H,9,11-12H2,1-2H3,(H,28,32). The van der Waals surface area contributed by atoms with Gasteiger partial charge in [0.25, 0.3) is 0 Å². The number of fused-ring (bicyclic) bond motifs is 1. The van der Waals surface area contributed by atoms with Gasteiger partial charge >= 0.3 is 0 Å². The Morgan fingerprint density at radius 1 is 1.08 bits per heavy atom. The molecule has 4 unspecified atom stereocenters. The lowest BCUT2D eigenvalue weighted by Crippen LogP contribution is -2.75. The molecule has 4 atom stereocenters. The zero-order valence-electron chi connectivity index (χ0n) is 19.6. The molecule has 0 aromatic heterocycles. The molecule has 0 saturated carbocycles. The van der Waals surface area contributed by atoms with Gasteiger partial charge in [-0.25, -0.2) is 8.60 Å². The smallest absolute Gasteiger partial charge is 0.248 e. The number of nitrogens with one attached hydrogen (secondary N) is 1. The third kappa shape index (κ3) is 5.13. The maximum absolute atomic E-state index is 14.7. The number of nitrogens with zero attached hydrogens (tertiary/aromatic N) is 3. The summed E-state index contributed by atoms with van der Waals surface area (Å²) in [6.45, 7) is 3.66. The van der Waals surface area contributed by atoms with Crippen LogP contribution < -0.4 is 5.32 Å². The monoisotopic (exact) mass is 554 g/mol. The molecular weight excluding hydrogens is 530 g/mol. The van der Waals surface area contributed by atoms with E-state index in [0.29, 0.717) is 11.4 Å². The quantitative estimate of drug-likeness (QED) is 0.532. The van der Waals surface area contributed by atoms with E-state index in [1.54, 1.807) is 29.2 Å². The van der Waals surface area contributed by atoms with Gasteiger partial charge in [0.2, 0.25) is 18.2 Å². The summed E-state index contributed by atoms with van der Waals surface area (Å²) >= 11 is 11.9. The van der Waals surface area contributed by atoms with Crippen molar-refractivity contribution < 1.29 is 23.0 Å². The molecule has 3 amide bonds. The van der Waals surface area contributed by atoms with Crippen molar-refractivity contribution in [2.75, 3.05) is 13.1 Å². The molecule has 4 rings (SSSR count). The van der Waals surface area contributed by atoms with Gasteiger partial charge < -0.3 is 15.1 Å². The van der Waals surface area contributed by atoms with Gasteiger partial charge in [-0.15, -0.1) is 0 Å². The Kier molecular flexibility index (Phi) is 7.99. The fraction of sp³-hybridized carbons (Fsp3) is 0.375. The fourth-order valence-corrected chi connectivity index (χ4v) is 6.21. The zero-order chi connectivity index (χ0) is 26.1. The van der Waals surface area contributed by atoms with Crippen molar-refractivity contribution in [3.8, 4) is 0 Å². The Balaban J connectivity index is 1.78. The molecule has 2 fully saturated rings. The molecular formula is C24H25Cl2FN4O4S. The summed E-state index contributed by atoms with van der Waals surface area (Å²) < 4.78 is 29.9. The molecule has 2 saturated heterocycles. The van der Waals surface area contributed by atoms with Crippen LogP contribution in [0.1, 0.15) is 19.4 Å². The Morgan fingerprint density at radius 3 is 2.36 bits per heavy atom. The summed E-state index contributed by atoms with van der Waals surface area (Å²) in [7, 11) is -2.06. The van der Waals surface area contributed by atoms with Gasteiger partial charge in [-0.3, -0.25) is 14.4 Å². The highest BCUT2D eigenvalue weighted by Crippen LogP contribution is 2.32. The highest BCUT2D eigenvalue weighted by Gasteiger charge is 2.52. The first kappa shape index (κ1) is 26.5. The number of halogens is 3. The molecule has 0 bridgehead atoms. The van der Waals surface area contributed by atoms with Crippen LogP contribution in [0.25, 0.3) is 0 Å². The normalized spacial score (nSPS) is 23.6. The first-order valence-electron chi connectivity index (χ1n) is 11.3. The number of hydrogen-bond acceptors (Lipinski definition) is 4. The Labute approximate surface area is 220 Å². The summed E-state index contributed by atoms with van der Waals surface area (Å²) in [5.41, 5.74) is 0.775. The topological polar surface area (TPSA) is 90.0 Å². The molecule has 2 aromatic rings. The maximum Gasteiger partial charge on any atom is 0.248 e. The molecule has 0 aliphatic carbocycles. The maximum atomic E-state index is 14.7. The Bertz CT molecular complexity index is 1200. The van der Waals surface area contributed by atoms with E-state index in [1.807, 2.05) is 13.8 Å². The minimum absolute atomic E-state index is 0.0775. The van der Waals surface area contributed by atoms with Crippen molar-refractivity contribution in [3.63, 3.8) is 0 Å². The minimum atomic E-state index is -2.06. The number of hydrogen-bond donors (Lipinski definition) is 1. The highest BCUT2D eigenvalue weighted by molar-refractivity contribution is 7.82. The number of piperazine rings is 1. The van der Waals surface area contributed by atoms with E-state index in [-0.39, 0.29) is 41.4 Å². The van der Waals surface area contributed by atoms with Gasteiger partial charge in [-0.1, -0.05) is 35.3 Å². The molecule has 0 radical (unpaired) electrons. The lowest BCUT2D eigenvalue weighted by Gasteiger charge is -2.54. The van der Waals surface area contributed by atoms with Crippen molar-refractivity contribution in [3.05, 3.63) is 63.9 Å². The second-order valence-corrected chi connectivity index (χ2v) is 11.2. The molecule has 1 N–H and O–H groups in total. The average molecular weight is 555 g/mol. The molecule has 8 nitrogen and oxygen atoms in total. The predicted octanol–water partition coefficient (Wildman–Crippen LogP) is 2.60. The van der Waals surface area contributed by atoms with Crippen molar-refractivity contribution >= 4 is 52.4 Å². The summed E-state index contributed by atoms with van der Waals surface area (Å²) in [5.74, 6) is -1.48. The van der Waals surface area contributed by atoms with Crippen molar-refractivity contribution in [1.29, 1.82) is 0 Å². The van der Waals surface area contributed by atoms with E-state index < -0.39 is 41.0 Å². The first-order chi connectivity index (χ1) is 17.1. The van der Waals surface area contributed by atoms with Gasteiger partial charge in [-0.05, 0) is 49.7 Å². The van der Waals surface area contributed by atoms with Crippen LogP contribution in [0.3, 0.4) is 0 Å². The average Bonchev–Trinajstić information content (AvgIpc) is 2.83. The molecule has 192 valence electrons. The van der Waals surface area contributed by atoms with E-state index in [0.717, 1.165) is 11.6 Å². The van der Waals surface area contributed by atoms with E-state index in [2.05, 4.69) is 5.32 Å². The molecule has 2 aliphatic rings. The third-order valence-corrected chi connectivity index (χ3v) is 8.38. The highest BCUT2D eigenvalue weighted by atomic mass is 35.5. The predicted molar refractivity (Wildman–Crippen MR) is 134 cm³/mol. The van der Waals surface area contributed by atoms with Crippen LogP contribution in [0.2, 0.25) is 10.0 Å². The van der Waals surface area contributed by atoms with E-state index in [4.69, 9.17) is 23.2 Å². The number of amides is 3. The SMILES string of the molecule is CC(C)N1CC2N(C(=O)C(NC=O)CN2S(=O)c2ccc(Cl)cc2F)C(Cc2ccc(Cl)cc2)C1=O. The Morgan fingerprint density at radius 2 is 1.75 bits per heavy atom. The minimum Gasteiger partial charge on any atom is -0.346 e. The van der Waals surface area contributed by atoms with Crippen LogP contribution in [0.4, 0.5) is 4.39 Å². The molecule has 36 heavy (non-hydrogen) atoms. The molecule has 2 aromatic carbocycles. The van der Waals surface area contributed by atoms with Crippen molar-refractivity contribution in [1.82, 2.24) is 19.4 Å². The van der Waals surface area contributed by atoms with Crippen molar-refractivity contribution in [2.45, 2.75) is 49.5 Å². The number of carbonyl (C=O) groups excluding carboxylic acids is 3. The molecule has 0 spiro atoms. The number of benzene rings is 2. The van der Waals surface area contributed by atoms with Gasteiger partial charge in [0.15, 0.2) is 0 Å². The Hall–Kier alpha value is -2.53. The fourth-order valence-electron chi connectivity index (χ4n) is 4.58. The summed E-state index contributed by atoms with van der Waals surface area (Å²) in [6, 6.07) is 8.57. The first-order valence-corrected chi connectivity index (χ1v) is 13.2. The van der Waals surface area contributed by atoms with Gasteiger partial charge in [0.05, 0.1) is 11.4 Å². The van der Waals surface area contributed by atoms with Crippen LogP contribution in [0.5, 0.6) is 0 Å². The third-order valence-electron chi connectivity index (χ3n) is 6.36. The van der Waals surface area contributed by atoms with Gasteiger partial charge in [0, 0.05) is 29.1 Å². The van der Waals surface area contributed by atoms with Crippen LogP contribution in [-0.2, 0) is 31.8 Å². The van der Waals surface area contributed by atoms with Gasteiger partial charge in [0.1, 0.15) is 35.1 Å². The number of carbonyl (C=O) groups is 3. The second-order valence-electron chi connectivity index (χ2n) is 8.92. The van der Waals surface area contributed by atoms with E-state index in [1.165, 1.54) is 21.3 Å². The van der Waals surface area contributed by atoms with Gasteiger partial charge in [-0.2, -0.15) is 4.31 Å². The van der Waals surface area contributed by atoms with E-state index in [9.17, 15) is 23.0 Å². The molecule has 12 heteroatoms. The van der Waals surface area contributed by atoms with Crippen LogP contribution in [0.15, 0.2) is 47.4 Å². The van der Waals surface area contributed by atoms with Crippen molar-refractivity contribution in [2.24, 2.45) is 0 Å². The largest absolute Gasteiger partial charge is 0.346 e. The van der Waals surface area contributed by atoms with Crippen LogP contribution >= 0.6 is 23.2 Å². The summed E-state index contributed by atoms with van der Waals surface area (Å²) in [6.07, 6.45) is -0.242. The van der Waals surface area contributed by atoms with E-state index >= 15 is 0 Å². The zero-order valence-corrected chi connectivity index (χ0v) is 21.9. The summed E-state index contributed by atoms with van der Waals surface area (Å²) in [5, 5.41) is 3.15. The van der Waals surface area contributed by atoms with Crippen LogP contribution in [0, 0.1) is 5.82 Å². The lowest BCUT2D eigenvalue weighted by atomic mass is 9.96. The second kappa shape index (κ2) is 10.8. The van der Waals surface area contributed by atoms with Crippen LogP contribution in [-0.4, -0.2) is 73.9 Å². The molecule has 2 heterocycles. The molecule has 2 aliphatic heterocycles. The number of rotatable bonds is 7. The lowest BCUT2D eigenvalue weighted by molar-refractivity contribution is -0.168.